The number of aliphatic hydroxyl groups excluding tert-OH is 1. The lowest BCUT2D eigenvalue weighted by molar-refractivity contribution is -0.146. The average molecular weight is 343 g/mol. The van der Waals surface area contributed by atoms with E-state index >= 15 is 0 Å². The number of aryl methyl sites for hydroxylation is 1. The third-order valence-corrected chi connectivity index (χ3v) is 4.76. The van der Waals surface area contributed by atoms with Gasteiger partial charge in [0.05, 0.1) is 6.10 Å². The summed E-state index contributed by atoms with van der Waals surface area (Å²) in [7, 11) is 0. The summed E-state index contributed by atoms with van der Waals surface area (Å²) in [6.45, 7) is 6.56. The molecular formula is C15H20F3N5O. The van der Waals surface area contributed by atoms with Gasteiger partial charge < -0.3 is 10.0 Å². The molecule has 0 aliphatic carbocycles. The van der Waals surface area contributed by atoms with Gasteiger partial charge in [-0.3, -0.25) is 0 Å². The summed E-state index contributed by atoms with van der Waals surface area (Å²) in [6.07, 6.45) is -3.31. The zero-order valence-electron chi connectivity index (χ0n) is 13.8. The van der Waals surface area contributed by atoms with Gasteiger partial charge in [0.2, 0.25) is 0 Å². The third kappa shape index (κ3) is 2.81. The van der Waals surface area contributed by atoms with E-state index in [0.717, 1.165) is 22.9 Å². The molecule has 0 bridgehead atoms. The van der Waals surface area contributed by atoms with Crippen LogP contribution in [0.3, 0.4) is 0 Å². The van der Waals surface area contributed by atoms with Crippen LogP contribution in [0.2, 0.25) is 0 Å². The van der Waals surface area contributed by atoms with Crippen LogP contribution in [-0.2, 0) is 6.18 Å². The minimum atomic E-state index is -4.62. The Morgan fingerprint density at radius 1 is 1.21 bits per heavy atom. The second-order valence-electron chi connectivity index (χ2n) is 6.42. The molecule has 24 heavy (non-hydrogen) atoms. The van der Waals surface area contributed by atoms with E-state index in [0.29, 0.717) is 24.5 Å². The summed E-state index contributed by atoms with van der Waals surface area (Å²) < 4.78 is 40.1. The minimum absolute atomic E-state index is 0.0824. The zero-order valence-corrected chi connectivity index (χ0v) is 13.8. The van der Waals surface area contributed by atoms with E-state index in [1.165, 1.54) is 0 Å². The van der Waals surface area contributed by atoms with E-state index in [9.17, 15) is 18.3 Å². The highest BCUT2D eigenvalue weighted by atomic mass is 19.4. The summed E-state index contributed by atoms with van der Waals surface area (Å²) in [5.41, 5.74) is 1.53. The van der Waals surface area contributed by atoms with Crippen LogP contribution in [0.1, 0.15) is 36.7 Å². The van der Waals surface area contributed by atoms with Crippen molar-refractivity contribution in [2.45, 2.75) is 45.9 Å². The van der Waals surface area contributed by atoms with Gasteiger partial charge in [0, 0.05) is 30.1 Å². The number of piperidine rings is 1. The first-order valence-electron chi connectivity index (χ1n) is 7.93. The molecule has 6 nitrogen and oxygen atoms in total. The number of nitrogens with zero attached hydrogens (tertiary/aromatic N) is 5. The molecule has 1 aliphatic heterocycles. The maximum atomic E-state index is 13.1. The van der Waals surface area contributed by atoms with Crippen molar-refractivity contribution in [1.29, 1.82) is 0 Å². The van der Waals surface area contributed by atoms with Crippen molar-refractivity contribution in [3.63, 3.8) is 0 Å². The molecule has 3 rings (SSSR count). The van der Waals surface area contributed by atoms with Gasteiger partial charge in [0.25, 0.3) is 5.82 Å². The summed E-state index contributed by atoms with van der Waals surface area (Å²) >= 11 is 0. The summed E-state index contributed by atoms with van der Waals surface area (Å²) in [4.78, 5) is 1.95. The molecule has 2 atom stereocenters. The molecule has 2 aromatic heterocycles. The number of hydrogen-bond donors (Lipinski definition) is 1. The Hall–Kier alpha value is -1.90. The number of rotatable bonds is 2. The molecule has 1 N–H and O–H groups in total. The largest absolute Gasteiger partial charge is 0.453 e. The maximum absolute atomic E-state index is 13.1. The number of aromatic nitrogens is 4. The van der Waals surface area contributed by atoms with Gasteiger partial charge in [-0.25, -0.2) is 0 Å². The first kappa shape index (κ1) is 16.9. The highest BCUT2D eigenvalue weighted by Gasteiger charge is 2.38. The molecule has 0 radical (unpaired) electrons. The highest BCUT2D eigenvalue weighted by Crippen LogP contribution is 2.32. The normalized spacial score (nSPS) is 20.6. The van der Waals surface area contributed by atoms with Crippen molar-refractivity contribution in [2.24, 2.45) is 5.92 Å². The lowest BCUT2D eigenvalue weighted by Crippen LogP contribution is -2.40. The van der Waals surface area contributed by atoms with Gasteiger partial charge >= 0.3 is 6.18 Å². The van der Waals surface area contributed by atoms with Gasteiger partial charge in [-0.1, -0.05) is 0 Å². The van der Waals surface area contributed by atoms with Crippen molar-refractivity contribution >= 4 is 11.5 Å². The minimum Gasteiger partial charge on any atom is -0.393 e. The summed E-state index contributed by atoms with van der Waals surface area (Å²) in [5.74, 6) is -0.541. The van der Waals surface area contributed by atoms with Crippen molar-refractivity contribution in [3.05, 3.63) is 17.0 Å². The standard InChI is InChI=1S/C15H20F3N5O/c1-8-9(2)13(22-6-4-5-11(7-22)10(3)24)21-23-12(8)19-20-14(23)15(16,17)18/h10-11,24H,4-7H2,1-3H3. The van der Waals surface area contributed by atoms with Gasteiger partial charge in [-0.2, -0.15) is 17.7 Å². The quantitative estimate of drug-likeness (QED) is 0.907. The molecule has 9 heteroatoms. The maximum Gasteiger partial charge on any atom is 0.453 e. The third-order valence-electron chi connectivity index (χ3n) is 4.76. The second-order valence-corrected chi connectivity index (χ2v) is 6.42. The van der Waals surface area contributed by atoms with Gasteiger partial charge in [-0.15, -0.1) is 15.3 Å². The van der Waals surface area contributed by atoms with Crippen LogP contribution in [0.5, 0.6) is 0 Å². The summed E-state index contributed by atoms with van der Waals surface area (Å²) in [5, 5.41) is 20.9. The Balaban J connectivity index is 2.09. The second kappa shape index (κ2) is 5.87. The lowest BCUT2D eigenvalue weighted by atomic mass is 9.93. The van der Waals surface area contributed by atoms with Crippen molar-refractivity contribution in [1.82, 2.24) is 19.8 Å². The van der Waals surface area contributed by atoms with Crippen LogP contribution in [0.25, 0.3) is 5.65 Å². The molecule has 2 aromatic rings. The first-order valence-corrected chi connectivity index (χ1v) is 7.93. The van der Waals surface area contributed by atoms with Gasteiger partial charge in [0.1, 0.15) is 0 Å². The van der Waals surface area contributed by atoms with Crippen LogP contribution >= 0.6 is 0 Å². The molecule has 0 saturated carbocycles. The molecule has 0 aromatic carbocycles. The number of anilines is 1. The number of aliphatic hydroxyl groups is 1. The van der Waals surface area contributed by atoms with E-state index in [-0.39, 0.29) is 11.6 Å². The van der Waals surface area contributed by atoms with E-state index in [1.54, 1.807) is 13.8 Å². The van der Waals surface area contributed by atoms with Gasteiger partial charge in [0.15, 0.2) is 11.5 Å². The number of halogens is 3. The Bertz CT molecular complexity index is 756. The van der Waals surface area contributed by atoms with Crippen LogP contribution in [0.4, 0.5) is 19.0 Å². The molecule has 2 unspecified atom stereocenters. The molecular weight excluding hydrogens is 323 g/mol. The topological polar surface area (TPSA) is 66.5 Å². The molecule has 3 heterocycles. The van der Waals surface area contributed by atoms with Crippen LogP contribution in [-0.4, -0.2) is 44.1 Å². The van der Waals surface area contributed by atoms with Crippen LogP contribution in [0.15, 0.2) is 0 Å². The molecule has 0 amide bonds. The van der Waals surface area contributed by atoms with E-state index in [2.05, 4.69) is 15.3 Å². The Morgan fingerprint density at radius 2 is 1.92 bits per heavy atom. The Kier molecular flexibility index (Phi) is 4.15. The molecule has 132 valence electrons. The SMILES string of the molecule is Cc1c(N2CCCC(C(C)O)C2)nn2c(C(F)(F)F)nnc2c1C. The fourth-order valence-corrected chi connectivity index (χ4v) is 3.19. The highest BCUT2D eigenvalue weighted by molar-refractivity contribution is 5.59. The van der Waals surface area contributed by atoms with Crippen LogP contribution < -0.4 is 4.90 Å². The van der Waals surface area contributed by atoms with Gasteiger partial charge in [-0.05, 0) is 33.6 Å². The lowest BCUT2D eigenvalue weighted by Gasteiger charge is -2.35. The summed E-state index contributed by atoms with van der Waals surface area (Å²) in [6, 6.07) is 0. The Labute approximate surface area is 137 Å². The molecule has 1 saturated heterocycles. The number of hydrogen-bond acceptors (Lipinski definition) is 5. The predicted octanol–water partition coefficient (Wildman–Crippen LogP) is 2.36. The fourth-order valence-electron chi connectivity index (χ4n) is 3.19. The smallest absolute Gasteiger partial charge is 0.393 e. The first-order chi connectivity index (χ1) is 11.2. The van der Waals surface area contributed by atoms with Crippen molar-refractivity contribution in [2.75, 3.05) is 18.0 Å². The number of alkyl halides is 3. The molecule has 0 spiro atoms. The van der Waals surface area contributed by atoms with E-state index < -0.39 is 18.1 Å². The van der Waals surface area contributed by atoms with E-state index in [4.69, 9.17) is 0 Å². The Morgan fingerprint density at radius 3 is 2.54 bits per heavy atom. The van der Waals surface area contributed by atoms with E-state index in [1.807, 2.05) is 11.8 Å². The zero-order chi connectivity index (χ0) is 17.6. The fraction of sp³-hybridized carbons (Fsp3) is 0.667. The van der Waals surface area contributed by atoms with Crippen molar-refractivity contribution < 1.29 is 18.3 Å². The van der Waals surface area contributed by atoms with Crippen LogP contribution in [0, 0.1) is 19.8 Å². The van der Waals surface area contributed by atoms with Crippen molar-refractivity contribution in [3.8, 4) is 0 Å². The monoisotopic (exact) mass is 343 g/mol. The number of fused-ring (bicyclic) bond motifs is 1. The molecule has 1 fully saturated rings. The average Bonchev–Trinajstić information content (AvgIpc) is 2.95. The predicted molar refractivity (Wildman–Crippen MR) is 81.9 cm³/mol. The molecule has 1 aliphatic rings.